The predicted octanol–water partition coefficient (Wildman–Crippen LogP) is 7.60. The van der Waals surface area contributed by atoms with Crippen molar-refractivity contribution in [2.45, 2.75) is 117 Å². The number of alkyl halides is 4. The fraction of sp³-hybridized carbons (Fsp3) is 1.00. The van der Waals surface area contributed by atoms with Gasteiger partial charge in [-0.3, -0.25) is 0 Å². The van der Waals surface area contributed by atoms with Crippen molar-refractivity contribution in [3.8, 4) is 0 Å². The van der Waals surface area contributed by atoms with Crippen LogP contribution in [0.1, 0.15) is 98.8 Å². The topological polar surface area (TPSA) is 18.5 Å². The molecule has 0 aromatic rings. The molecule has 0 N–H and O–H groups in total. The Hall–Kier alpha value is -0.360. The minimum atomic E-state index is -2.57. The molecule has 0 radical (unpaired) electrons. The van der Waals surface area contributed by atoms with E-state index in [9.17, 15) is 17.6 Å². The maximum Gasteiger partial charge on any atom is 0.245 e. The zero-order chi connectivity index (χ0) is 21.0. The number of ether oxygens (including phenoxy) is 2. The Morgan fingerprint density at radius 2 is 0.889 bits per heavy atom. The van der Waals surface area contributed by atoms with Gasteiger partial charge in [0.1, 0.15) is 0 Å². The van der Waals surface area contributed by atoms with Crippen molar-refractivity contribution in [1.29, 1.82) is 0 Å². The maximum absolute atomic E-state index is 12.7. The van der Waals surface area contributed by atoms with E-state index in [-0.39, 0.29) is 24.5 Å². The highest BCUT2D eigenvalue weighted by Gasteiger charge is 2.26. The van der Waals surface area contributed by atoms with Crippen molar-refractivity contribution in [1.82, 2.24) is 0 Å². The lowest BCUT2D eigenvalue weighted by Gasteiger charge is -2.30. The number of unbranched alkanes of at least 4 members (excludes halogenated alkanes) is 6. The van der Waals surface area contributed by atoms with Crippen LogP contribution in [0.3, 0.4) is 0 Å². The monoisotopic (exact) mass is 400 g/mol. The first-order valence-corrected chi connectivity index (χ1v) is 10.3. The molecule has 0 saturated heterocycles. The Bertz CT molecular complexity index is 329. The number of rotatable bonds is 16. The van der Waals surface area contributed by atoms with E-state index in [2.05, 4.69) is 0 Å². The summed E-state index contributed by atoms with van der Waals surface area (Å²) in [6, 6.07) is 0. The molecule has 0 aliphatic heterocycles. The average Bonchev–Trinajstić information content (AvgIpc) is 2.47. The van der Waals surface area contributed by atoms with Gasteiger partial charge in [0.25, 0.3) is 0 Å². The molecule has 0 aliphatic rings. The molecule has 0 aromatic heterocycles. The smallest absolute Gasteiger partial charge is 0.245 e. The van der Waals surface area contributed by atoms with Crippen molar-refractivity contribution in [3.05, 3.63) is 0 Å². The molecular weight excluding hydrogens is 360 g/mol. The molecular formula is C21H40F4O2. The second-order valence-electron chi connectivity index (χ2n) is 8.91. The Morgan fingerprint density at radius 1 is 0.556 bits per heavy atom. The summed E-state index contributed by atoms with van der Waals surface area (Å²) in [5.74, 6) is -5.14. The van der Waals surface area contributed by atoms with Crippen LogP contribution >= 0.6 is 0 Å². The van der Waals surface area contributed by atoms with Crippen molar-refractivity contribution in [2.75, 3.05) is 13.2 Å². The zero-order valence-electron chi connectivity index (χ0n) is 17.9. The van der Waals surface area contributed by atoms with Gasteiger partial charge in [0.15, 0.2) is 6.29 Å². The molecule has 0 atom stereocenters. The highest BCUT2D eigenvalue weighted by atomic mass is 19.3. The van der Waals surface area contributed by atoms with Crippen molar-refractivity contribution in [2.24, 2.45) is 5.41 Å². The first-order chi connectivity index (χ1) is 12.3. The summed E-state index contributed by atoms with van der Waals surface area (Å²) < 4.78 is 62.6. The van der Waals surface area contributed by atoms with Crippen LogP contribution in [-0.2, 0) is 9.47 Å². The van der Waals surface area contributed by atoms with Gasteiger partial charge in [0.05, 0.1) is 0 Å². The van der Waals surface area contributed by atoms with E-state index >= 15 is 0 Å². The minimum Gasteiger partial charge on any atom is -0.352 e. The molecule has 0 aliphatic carbocycles. The molecule has 0 fully saturated rings. The third kappa shape index (κ3) is 18.8. The van der Waals surface area contributed by atoms with E-state index in [0.29, 0.717) is 26.1 Å². The third-order valence-electron chi connectivity index (χ3n) is 4.27. The largest absolute Gasteiger partial charge is 0.352 e. The molecule has 27 heavy (non-hydrogen) atoms. The van der Waals surface area contributed by atoms with E-state index < -0.39 is 11.8 Å². The lowest BCUT2D eigenvalue weighted by molar-refractivity contribution is -0.195. The highest BCUT2D eigenvalue weighted by Crippen LogP contribution is 2.25. The summed E-state index contributed by atoms with van der Waals surface area (Å²) in [7, 11) is 0. The van der Waals surface area contributed by atoms with Gasteiger partial charge in [-0.25, -0.2) is 17.6 Å². The molecule has 0 rings (SSSR count). The number of hydrogen-bond acceptors (Lipinski definition) is 2. The van der Waals surface area contributed by atoms with E-state index in [1.54, 1.807) is 0 Å². The molecule has 2 nitrogen and oxygen atoms in total. The highest BCUT2D eigenvalue weighted by molar-refractivity contribution is 4.67. The molecule has 0 unspecified atom stereocenters. The van der Waals surface area contributed by atoms with Gasteiger partial charge in [0.2, 0.25) is 11.8 Å². The van der Waals surface area contributed by atoms with Crippen LogP contribution in [0, 0.1) is 5.41 Å². The van der Waals surface area contributed by atoms with Crippen molar-refractivity contribution >= 4 is 0 Å². The fourth-order valence-electron chi connectivity index (χ4n) is 2.71. The van der Waals surface area contributed by atoms with Crippen LogP contribution in [0.2, 0.25) is 0 Å². The molecule has 0 spiro atoms. The van der Waals surface area contributed by atoms with Crippen LogP contribution in [0.15, 0.2) is 0 Å². The van der Waals surface area contributed by atoms with Gasteiger partial charge in [-0.2, -0.15) is 0 Å². The Kier molecular flexibility index (Phi) is 12.8. The summed E-state index contributed by atoms with van der Waals surface area (Å²) in [5.41, 5.74) is -0.158. The molecule has 0 aromatic carbocycles. The molecule has 0 bridgehead atoms. The van der Waals surface area contributed by atoms with Crippen LogP contribution in [0.25, 0.3) is 0 Å². The van der Waals surface area contributed by atoms with Gasteiger partial charge < -0.3 is 9.47 Å². The van der Waals surface area contributed by atoms with E-state index in [1.165, 1.54) is 0 Å². The summed E-state index contributed by atoms with van der Waals surface area (Å²) in [4.78, 5) is 0. The van der Waals surface area contributed by atoms with Gasteiger partial charge in [-0.1, -0.05) is 46.5 Å². The maximum atomic E-state index is 12.7. The van der Waals surface area contributed by atoms with Crippen LogP contribution < -0.4 is 0 Å². The molecule has 164 valence electrons. The number of hydrogen-bond donors (Lipinski definition) is 0. The van der Waals surface area contributed by atoms with Crippen LogP contribution in [-0.4, -0.2) is 31.3 Å². The van der Waals surface area contributed by atoms with Crippen LogP contribution in [0.4, 0.5) is 17.6 Å². The second-order valence-corrected chi connectivity index (χ2v) is 8.91. The van der Waals surface area contributed by atoms with Gasteiger partial charge in [0, 0.05) is 31.5 Å². The van der Waals surface area contributed by atoms with E-state index in [1.807, 2.05) is 20.8 Å². The Labute approximate surface area is 163 Å². The summed E-state index contributed by atoms with van der Waals surface area (Å²) in [6.07, 6.45) is 5.60. The van der Waals surface area contributed by atoms with Gasteiger partial charge >= 0.3 is 0 Å². The lowest BCUT2D eigenvalue weighted by atomic mass is 9.96. The molecule has 6 heteroatoms. The summed E-state index contributed by atoms with van der Waals surface area (Å²) in [6.45, 7) is 9.16. The lowest BCUT2D eigenvalue weighted by Crippen LogP contribution is -2.32. The van der Waals surface area contributed by atoms with Gasteiger partial charge in [-0.05, 0) is 39.5 Å². The van der Waals surface area contributed by atoms with Crippen molar-refractivity contribution in [3.63, 3.8) is 0 Å². The molecule has 0 heterocycles. The van der Waals surface area contributed by atoms with Gasteiger partial charge in [-0.15, -0.1) is 0 Å². The summed E-state index contributed by atoms with van der Waals surface area (Å²) in [5, 5.41) is 0. The average molecular weight is 401 g/mol. The molecule has 0 amide bonds. The fourth-order valence-corrected chi connectivity index (χ4v) is 2.71. The zero-order valence-corrected chi connectivity index (χ0v) is 17.9. The first-order valence-electron chi connectivity index (χ1n) is 10.3. The quantitative estimate of drug-likeness (QED) is 0.151. The SMILES string of the molecule is CC(F)(F)CCCCCCOC(OCCCCCCC(C)(F)F)C(C)(C)C. The summed E-state index contributed by atoms with van der Waals surface area (Å²) >= 11 is 0. The van der Waals surface area contributed by atoms with E-state index in [4.69, 9.17) is 9.47 Å². The molecule has 0 saturated carbocycles. The minimum absolute atomic E-state index is 0.0581. The standard InChI is InChI=1S/C21H40F4O2/c1-19(2,3)18(26-16-12-8-6-10-14-20(4,22)23)27-17-13-9-7-11-15-21(5,24)25/h18H,6-17H2,1-5H3. The first kappa shape index (κ1) is 26.6. The normalized spacial score (nSPS) is 13.6. The second kappa shape index (κ2) is 13.0. The van der Waals surface area contributed by atoms with Crippen molar-refractivity contribution < 1.29 is 27.0 Å². The third-order valence-corrected chi connectivity index (χ3v) is 4.27. The predicted molar refractivity (Wildman–Crippen MR) is 103 cm³/mol. The van der Waals surface area contributed by atoms with E-state index in [0.717, 1.165) is 52.4 Å². The Morgan fingerprint density at radius 3 is 1.19 bits per heavy atom. The number of halogens is 4. The Balaban J connectivity index is 3.81. The van der Waals surface area contributed by atoms with Crippen LogP contribution in [0.5, 0.6) is 0 Å².